The Morgan fingerprint density at radius 3 is 1.34 bits per heavy atom. The highest BCUT2D eigenvalue weighted by Gasteiger charge is 2.26. The number of ether oxygens (including phenoxy) is 7. The molecule has 59 heavy (non-hydrogen) atoms. The minimum atomic E-state index is -1.52. The highest BCUT2D eigenvalue weighted by molar-refractivity contribution is 5.95. The van der Waals surface area contributed by atoms with Gasteiger partial charge in [-0.15, -0.1) is 0 Å². The molecule has 0 fully saturated rings. The molecule has 0 heterocycles. The first-order valence-electron chi connectivity index (χ1n) is 17.1. The summed E-state index contributed by atoms with van der Waals surface area (Å²) in [5, 5.41) is 0. The van der Waals surface area contributed by atoms with Gasteiger partial charge in [0.2, 0.25) is 0 Å². The zero-order valence-corrected chi connectivity index (χ0v) is 32.7. The van der Waals surface area contributed by atoms with Crippen LogP contribution in [0.4, 0.5) is 14.4 Å². The largest absolute Gasteiger partial charge is 0.522 e. The minimum Gasteiger partial charge on any atom is -0.395 e. The van der Waals surface area contributed by atoms with Gasteiger partial charge in [-0.2, -0.15) is 0 Å². The fraction of sp³-hybridized carbons (Fsp3) is 0.182. The third-order valence-electron chi connectivity index (χ3n) is 6.89. The van der Waals surface area contributed by atoms with Gasteiger partial charge in [0, 0.05) is 33.4 Å². The van der Waals surface area contributed by atoms with Gasteiger partial charge in [0.25, 0.3) is 0 Å². The monoisotopic (exact) mass is 804 g/mol. The Morgan fingerprint density at radius 2 is 0.915 bits per heavy atom. The van der Waals surface area contributed by atoms with Crippen LogP contribution in [0.15, 0.2) is 97.1 Å². The Morgan fingerprint density at radius 1 is 0.525 bits per heavy atom. The average molecular weight is 805 g/mol. The van der Waals surface area contributed by atoms with E-state index >= 15 is 0 Å². The molecule has 0 aliphatic rings. The molecular weight excluding hydrogens is 768 g/mol. The van der Waals surface area contributed by atoms with Crippen LogP contribution < -0.4 is 14.2 Å². The number of esters is 5. The summed E-state index contributed by atoms with van der Waals surface area (Å²) in [5.74, 6) is 5.66. The maximum atomic E-state index is 12.7. The van der Waals surface area contributed by atoms with Crippen molar-refractivity contribution in [2.24, 2.45) is 5.41 Å². The van der Waals surface area contributed by atoms with Gasteiger partial charge in [-0.1, -0.05) is 55.6 Å². The van der Waals surface area contributed by atoms with E-state index in [9.17, 15) is 38.4 Å². The molecule has 0 N–H and O–H groups in total. The van der Waals surface area contributed by atoms with Crippen molar-refractivity contribution < 1.29 is 71.5 Å². The Hall–Kier alpha value is -8.04. The number of carbonyl (C=O) groups excluding carboxylic acids is 8. The average Bonchev–Trinajstić information content (AvgIpc) is 3.14. The van der Waals surface area contributed by atoms with Crippen molar-refractivity contribution in [1.82, 2.24) is 0 Å². The quantitative estimate of drug-likeness (QED) is 0.0562. The first-order chi connectivity index (χ1) is 27.6. The summed E-state index contributed by atoms with van der Waals surface area (Å²) in [6.45, 7) is 19.0. The van der Waals surface area contributed by atoms with Crippen LogP contribution in [0.1, 0.15) is 69.4 Å². The fourth-order valence-electron chi connectivity index (χ4n) is 3.82. The van der Waals surface area contributed by atoms with Crippen LogP contribution >= 0.6 is 0 Å². The molecule has 3 aromatic rings. The molecule has 0 saturated carbocycles. The van der Waals surface area contributed by atoms with Crippen LogP contribution in [0.2, 0.25) is 0 Å². The van der Waals surface area contributed by atoms with Crippen LogP contribution in [-0.2, 0) is 49.3 Å². The van der Waals surface area contributed by atoms with Crippen LogP contribution in [0.3, 0.4) is 0 Å². The lowest BCUT2D eigenvalue weighted by molar-refractivity contribution is -0.165. The van der Waals surface area contributed by atoms with Crippen LogP contribution in [-0.4, -0.2) is 48.3 Å². The third-order valence-corrected chi connectivity index (χ3v) is 6.89. The first-order valence-corrected chi connectivity index (χ1v) is 17.1. The zero-order valence-electron chi connectivity index (χ0n) is 32.7. The number of hydrogen-bond acceptors (Lipinski definition) is 15. The lowest BCUT2D eigenvalue weighted by atomic mass is 9.97. The van der Waals surface area contributed by atoms with E-state index < -0.39 is 65.2 Å². The van der Waals surface area contributed by atoms with Gasteiger partial charge >= 0.3 is 48.3 Å². The molecule has 0 aliphatic carbocycles. The Labute approximate surface area is 338 Å². The molecule has 15 heteroatoms. The summed E-state index contributed by atoms with van der Waals surface area (Å²) < 4.78 is 34.3. The second-order valence-electron chi connectivity index (χ2n) is 13.3. The smallest absolute Gasteiger partial charge is 0.395 e. The molecule has 0 radical (unpaired) electrons. The number of rotatable bonds is 8. The normalized spacial score (nSPS) is 10.1. The third kappa shape index (κ3) is 14.9. The van der Waals surface area contributed by atoms with Crippen molar-refractivity contribution in [2.75, 3.05) is 0 Å². The first kappa shape index (κ1) is 45.4. The molecule has 0 amide bonds. The molecule has 302 valence electrons. The lowest BCUT2D eigenvalue weighted by Crippen LogP contribution is -2.26. The molecule has 15 nitrogen and oxygen atoms in total. The van der Waals surface area contributed by atoms with Crippen molar-refractivity contribution in [3.63, 3.8) is 0 Å². The van der Waals surface area contributed by atoms with E-state index in [0.717, 1.165) is 0 Å². The highest BCUT2D eigenvalue weighted by atomic mass is 16.8. The second-order valence-corrected chi connectivity index (χ2v) is 13.3. The summed E-state index contributed by atoms with van der Waals surface area (Å²) in [4.78, 5) is 97.5. The van der Waals surface area contributed by atoms with Crippen LogP contribution in [0, 0.1) is 29.1 Å². The van der Waals surface area contributed by atoms with Gasteiger partial charge in [0.15, 0.2) is 11.5 Å². The summed E-state index contributed by atoms with van der Waals surface area (Å²) in [6, 6.07) is 14.2. The maximum Gasteiger partial charge on any atom is 0.522 e. The molecular formula is C44H36O15. The van der Waals surface area contributed by atoms with E-state index in [1.165, 1.54) is 69.3 Å². The summed E-state index contributed by atoms with van der Waals surface area (Å²) >= 11 is 0. The highest BCUT2D eigenvalue weighted by Crippen LogP contribution is 2.31. The van der Waals surface area contributed by atoms with E-state index in [-0.39, 0.29) is 40.0 Å². The lowest BCUT2D eigenvalue weighted by Gasteiger charge is -2.15. The predicted molar refractivity (Wildman–Crippen MR) is 206 cm³/mol. The van der Waals surface area contributed by atoms with Crippen molar-refractivity contribution >= 4 is 48.3 Å². The van der Waals surface area contributed by atoms with Crippen LogP contribution in [0.25, 0.3) is 0 Å². The summed E-state index contributed by atoms with van der Waals surface area (Å²) in [6.07, 6.45) is -4.53. The van der Waals surface area contributed by atoms with E-state index in [4.69, 9.17) is 18.9 Å². The van der Waals surface area contributed by atoms with Gasteiger partial charge in [0.05, 0.1) is 11.8 Å². The maximum absolute atomic E-state index is 12.7. The molecule has 0 spiro atoms. The Balaban J connectivity index is 2.06. The fourth-order valence-corrected chi connectivity index (χ4v) is 3.82. The van der Waals surface area contributed by atoms with Crippen molar-refractivity contribution in [3.8, 4) is 40.9 Å². The predicted octanol–water partition coefficient (Wildman–Crippen LogP) is 7.00. The minimum absolute atomic E-state index is 0.0103. The molecule has 3 rings (SSSR count). The van der Waals surface area contributed by atoms with E-state index in [1.54, 1.807) is 32.9 Å². The number of hydrogen-bond donors (Lipinski definition) is 0. The van der Waals surface area contributed by atoms with Crippen LogP contribution in [0.5, 0.6) is 17.2 Å². The van der Waals surface area contributed by atoms with Gasteiger partial charge < -0.3 is 33.2 Å². The molecule has 0 saturated heterocycles. The van der Waals surface area contributed by atoms with Crippen molar-refractivity contribution in [1.29, 1.82) is 0 Å². The molecule has 0 aromatic heterocycles. The van der Waals surface area contributed by atoms with E-state index in [1.807, 2.05) is 0 Å². The van der Waals surface area contributed by atoms with E-state index in [2.05, 4.69) is 57.6 Å². The van der Waals surface area contributed by atoms with Gasteiger partial charge in [0.1, 0.15) is 11.3 Å². The zero-order chi connectivity index (χ0) is 44.0. The summed E-state index contributed by atoms with van der Waals surface area (Å²) in [5.41, 5.74) is -0.190. The SMILES string of the molecule is C=C(C)C(=O)OC(=O)Oc1ccc(C#Cc2cc(OC(=O)OC(=O)C(=C)C)c(C#Cc3ccc(CC(=O)OC(=O)C(C)(C)C)cc3)c(OC(=O)OC(=O)C(=C)C)c2)cc1. The topological polar surface area (TPSA) is 201 Å². The number of benzene rings is 3. The summed E-state index contributed by atoms with van der Waals surface area (Å²) in [7, 11) is 0. The van der Waals surface area contributed by atoms with Gasteiger partial charge in [-0.05, 0) is 95.6 Å². The molecule has 0 atom stereocenters. The van der Waals surface area contributed by atoms with Crippen molar-refractivity contribution in [2.45, 2.75) is 48.0 Å². The standard InChI is InChI=1S/C44H36O15/c1-25(2)37(46)57-41(50)53-32-19-16-29(17-20-32)12-15-31-22-34(54-42(51)58-38(47)26(3)4)33(35(23-31)55-43(52)59-39(48)27(5)6)21-18-28-10-13-30(14-11-28)24-36(45)56-40(49)44(7,8)9/h10-11,13-14,16-17,19-20,22-23H,1,3,5,24H2,2,4,6-9H3. The van der Waals surface area contributed by atoms with Crippen molar-refractivity contribution in [3.05, 3.63) is 125 Å². The Kier molecular flexibility index (Phi) is 15.5. The second kappa shape index (κ2) is 20.2. The molecule has 0 aliphatic heterocycles. The number of carbonyl (C=O) groups is 8. The Bertz CT molecular complexity index is 2320. The molecule has 0 unspecified atom stereocenters. The molecule has 3 aromatic carbocycles. The van der Waals surface area contributed by atoms with Gasteiger partial charge in [-0.3, -0.25) is 9.59 Å². The molecule has 0 bridgehead atoms. The van der Waals surface area contributed by atoms with Gasteiger partial charge in [-0.25, -0.2) is 28.8 Å². The van der Waals surface area contributed by atoms with E-state index in [0.29, 0.717) is 16.7 Å².